The summed E-state index contributed by atoms with van der Waals surface area (Å²) in [4.78, 5) is 12.0. The normalized spacial score (nSPS) is 11.2. The average molecular weight is 325 g/mol. The molecule has 4 nitrogen and oxygen atoms in total. The number of aliphatic hydroxyl groups excluding tert-OH is 1. The number of allylic oxidation sites excluding steroid dienone is 1. The molecule has 0 atom stereocenters. The number of amides is 1. The van der Waals surface area contributed by atoms with Crippen LogP contribution in [0.3, 0.4) is 0 Å². The second kappa shape index (κ2) is 8.89. The van der Waals surface area contributed by atoms with E-state index in [0.29, 0.717) is 6.54 Å². The lowest BCUT2D eigenvalue weighted by Crippen LogP contribution is -2.23. The van der Waals surface area contributed by atoms with Gasteiger partial charge < -0.3 is 15.2 Å². The van der Waals surface area contributed by atoms with Gasteiger partial charge in [0.05, 0.1) is 13.7 Å². The van der Waals surface area contributed by atoms with Crippen LogP contribution in [0.1, 0.15) is 23.6 Å². The Labute approximate surface area is 142 Å². The van der Waals surface area contributed by atoms with Crippen LogP contribution in [-0.4, -0.2) is 24.7 Å². The molecular formula is C20H23NO3. The summed E-state index contributed by atoms with van der Waals surface area (Å²) in [6, 6.07) is 15.3. The van der Waals surface area contributed by atoms with Crippen molar-refractivity contribution in [2.24, 2.45) is 0 Å². The van der Waals surface area contributed by atoms with Gasteiger partial charge in [-0.15, -0.1) is 0 Å². The molecule has 0 spiro atoms. The molecule has 24 heavy (non-hydrogen) atoms. The topological polar surface area (TPSA) is 58.6 Å². The number of methoxy groups -OCH3 is 1. The van der Waals surface area contributed by atoms with Gasteiger partial charge in [-0.25, -0.2) is 0 Å². The zero-order chi connectivity index (χ0) is 17.4. The largest absolute Gasteiger partial charge is 0.497 e. The number of benzene rings is 2. The van der Waals surface area contributed by atoms with Gasteiger partial charge in [-0.05, 0) is 47.7 Å². The fraction of sp³-hybridized carbons (Fsp3) is 0.250. The van der Waals surface area contributed by atoms with Gasteiger partial charge in [-0.1, -0.05) is 36.4 Å². The third-order valence-corrected chi connectivity index (χ3v) is 3.79. The first-order chi connectivity index (χ1) is 11.6. The number of hydrogen-bond acceptors (Lipinski definition) is 3. The highest BCUT2D eigenvalue weighted by molar-refractivity contribution is 5.94. The van der Waals surface area contributed by atoms with Crippen molar-refractivity contribution < 1.29 is 14.6 Å². The van der Waals surface area contributed by atoms with Crippen molar-refractivity contribution in [3.05, 3.63) is 71.3 Å². The van der Waals surface area contributed by atoms with Gasteiger partial charge in [-0.2, -0.15) is 0 Å². The molecule has 0 unspecified atom stereocenters. The van der Waals surface area contributed by atoms with Gasteiger partial charge in [0.1, 0.15) is 5.75 Å². The number of carbonyl (C=O) groups is 1. The number of aliphatic hydroxyl groups is 1. The van der Waals surface area contributed by atoms with Crippen LogP contribution in [0, 0.1) is 0 Å². The Morgan fingerprint density at radius 1 is 1.17 bits per heavy atom. The van der Waals surface area contributed by atoms with Crippen LogP contribution < -0.4 is 10.1 Å². The number of nitrogens with one attached hydrogen (secondary N) is 1. The van der Waals surface area contributed by atoms with E-state index >= 15 is 0 Å². The first kappa shape index (κ1) is 17.8. The first-order valence-corrected chi connectivity index (χ1v) is 7.91. The quantitative estimate of drug-likeness (QED) is 0.770. The van der Waals surface area contributed by atoms with E-state index in [1.165, 1.54) is 0 Å². The summed E-state index contributed by atoms with van der Waals surface area (Å²) in [7, 11) is 1.62. The summed E-state index contributed by atoms with van der Waals surface area (Å²) in [5.41, 5.74) is 3.86. The fourth-order valence-electron chi connectivity index (χ4n) is 2.34. The standard InChI is InChI=1S/C20H23NO3/c1-15(18-4-3-5-19(13-18)24-2)12-20(23)21-11-10-16-6-8-17(14-22)9-7-16/h3-9,12-13,22H,10-11,14H2,1-2H3,(H,21,23)/b15-12+. The molecule has 2 aromatic carbocycles. The van der Waals surface area contributed by atoms with Crippen molar-refractivity contribution in [1.82, 2.24) is 5.32 Å². The maximum atomic E-state index is 12.0. The molecule has 0 saturated heterocycles. The first-order valence-electron chi connectivity index (χ1n) is 7.91. The predicted molar refractivity (Wildman–Crippen MR) is 95.7 cm³/mol. The van der Waals surface area contributed by atoms with E-state index in [2.05, 4.69) is 5.32 Å². The second-order valence-electron chi connectivity index (χ2n) is 5.57. The molecule has 0 fully saturated rings. The lowest BCUT2D eigenvalue weighted by Gasteiger charge is -2.06. The van der Waals surface area contributed by atoms with Gasteiger partial charge in [0, 0.05) is 12.6 Å². The van der Waals surface area contributed by atoms with E-state index in [9.17, 15) is 4.79 Å². The van der Waals surface area contributed by atoms with Gasteiger partial charge in [-0.3, -0.25) is 4.79 Å². The summed E-state index contributed by atoms with van der Waals surface area (Å²) in [6.07, 6.45) is 2.35. The van der Waals surface area contributed by atoms with Gasteiger partial charge >= 0.3 is 0 Å². The number of rotatable bonds is 7. The van der Waals surface area contributed by atoms with Crippen molar-refractivity contribution in [3.63, 3.8) is 0 Å². The van der Waals surface area contributed by atoms with Crippen LogP contribution in [-0.2, 0) is 17.8 Å². The number of hydrogen-bond donors (Lipinski definition) is 2. The van der Waals surface area contributed by atoms with Crippen molar-refractivity contribution in [2.45, 2.75) is 20.0 Å². The van der Waals surface area contributed by atoms with Gasteiger partial charge in [0.25, 0.3) is 0 Å². The molecule has 0 bridgehead atoms. The van der Waals surface area contributed by atoms with Crippen molar-refractivity contribution in [1.29, 1.82) is 0 Å². The SMILES string of the molecule is COc1cccc(/C(C)=C/C(=O)NCCc2ccc(CO)cc2)c1. The Kier molecular flexibility index (Phi) is 6.58. The minimum absolute atomic E-state index is 0.0470. The molecule has 4 heteroatoms. The second-order valence-corrected chi connectivity index (χ2v) is 5.57. The molecule has 0 radical (unpaired) electrons. The van der Waals surface area contributed by atoms with Gasteiger partial charge in [0.2, 0.25) is 5.91 Å². The Bertz CT molecular complexity index is 705. The zero-order valence-corrected chi connectivity index (χ0v) is 14.1. The fourth-order valence-corrected chi connectivity index (χ4v) is 2.34. The average Bonchev–Trinajstić information content (AvgIpc) is 2.62. The third kappa shape index (κ3) is 5.25. The number of carbonyl (C=O) groups excluding carboxylic acids is 1. The van der Waals surface area contributed by atoms with E-state index in [0.717, 1.165) is 34.4 Å². The van der Waals surface area contributed by atoms with Crippen LogP contribution in [0.2, 0.25) is 0 Å². The van der Waals surface area contributed by atoms with Gasteiger partial charge in [0.15, 0.2) is 0 Å². The highest BCUT2D eigenvalue weighted by Crippen LogP contribution is 2.19. The van der Waals surface area contributed by atoms with Crippen molar-refractivity contribution in [2.75, 3.05) is 13.7 Å². The molecule has 2 aromatic rings. The Morgan fingerprint density at radius 2 is 1.88 bits per heavy atom. The molecule has 0 aliphatic heterocycles. The van der Waals surface area contributed by atoms with E-state index in [1.54, 1.807) is 13.2 Å². The minimum atomic E-state index is -0.109. The van der Waals surface area contributed by atoms with E-state index < -0.39 is 0 Å². The molecule has 1 amide bonds. The summed E-state index contributed by atoms with van der Waals surface area (Å²) < 4.78 is 5.20. The zero-order valence-electron chi connectivity index (χ0n) is 14.1. The lowest BCUT2D eigenvalue weighted by atomic mass is 10.1. The molecule has 0 aromatic heterocycles. The highest BCUT2D eigenvalue weighted by Gasteiger charge is 2.02. The summed E-state index contributed by atoms with van der Waals surface area (Å²) in [5, 5.41) is 11.9. The summed E-state index contributed by atoms with van der Waals surface area (Å²) in [5.74, 6) is 0.661. The molecule has 0 aliphatic rings. The van der Waals surface area contributed by atoms with Crippen LogP contribution >= 0.6 is 0 Å². The number of ether oxygens (including phenoxy) is 1. The van der Waals surface area contributed by atoms with E-state index in [1.807, 2.05) is 55.5 Å². The molecule has 0 heterocycles. The van der Waals surface area contributed by atoms with Crippen LogP contribution in [0.4, 0.5) is 0 Å². The van der Waals surface area contributed by atoms with Crippen LogP contribution in [0.15, 0.2) is 54.6 Å². The molecule has 0 saturated carbocycles. The predicted octanol–water partition coefficient (Wildman–Crippen LogP) is 2.95. The van der Waals surface area contributed by atoms with E-state index in [4.69, 9.17) is 9.84 Å². The molecule has 2 N–H and O–H groups in total. The maximum Gasteiger partial charge on any atom is 0.244 e. The Balaban J connectivity index is 1.87. The minimum Gasteiger partial charge on any atom is -0.497 e. The van der Waals surface area contributed by atoms with Crippen molar-refractivity contribution >= 4 is 11.5 Å². The highest BCUT2D eigenvalue weighted by atomic mass is 16.5. The monoisotopic (exact) mass is 325 g/mol. The van der Waals surface area contributed by atoms with Crippen LogP contribution in [0.25, 0.3) is 5.57 Å². The lowest BCUT2D eigenvalue weighted by molar-refractivity contribution is -0.116. The van der Waals surface area contributed by atoms with Crippen molar-refractivity contribution in [3.8, 4) is 5.75 Å². The summed E-state index contributed by atoms with van der Waals surface area (Å²) in [6.45, 7) is 2.52. The molecule has 126 valence electrons. The smallest absolute Gasteiger partial charge is 0.244 e. The van der Waals surface area contributed by atoms with E-state index in [-0.39, 0.29) is 12.5 Å². The Morgan fingerprint density at radius 3 is 2.54 bits per heavy atom. The maximum absolute atomic E-state index is 12.0. The third-order valence-electron chi connectivity index (χ3n) is 3.79. The van der Waals surface area contributed by atoms with Crippen LogP contribution in [0.5, 0.6) is 5.75 Å². The molecule has 2 rings (SSSR count). The Hall–Kier alpha value is -2.59. The summed E-state index contributed by atoms with van der Waals surface area (Å²) >= 11 is 0. The molecular weight excluding hydrogens is 302 g/mol. The molecule has 0 aliphatic carbocycles.